The van der Waals surface area contributed by atoms with Crippen LogP contribution in [0.5, 0.6) is 5.75 Å². The summed E-state index contributed by atoms with van der Waals surface area (Å²) in [6.45, 7) is 11.7. The Hall–Kier alpha value is -2.41. The van der Waals surface area contributed by atoms with E-state index in [9.17, 15) is 4.79 Å². The Morgan fingerprint density at radius 3 is 2.81 bits per heavy atom. The maximum absolute atomic E-state index is 12.6. The highest BCUT2D eigenvalue weighted by molar-refractivity contribution is 7.22. The average Bonchev–Trinajstić information content (AvgIpc) is 3.09. The highest BCUT2D eigenvalue weighted by Gasteiger charge is 2.17. The molecular weight excluding hydrogens is 360 g/mol. The molecule has 0 spiro atoms. The molecule has 2 aromatic heterocycles. The summed E-state index contributed by atoms with van der Waals surface area (Å²) in [6.07, 6.45) is 0.301. The lowest BCUT2D eigenvalue weighted by molar-refractivity contribution is -0.115. The number of amides is 1. The zero-order chi connectivity index (χ0) is 19.6. The van der Waals surface area contributed by atoms with Gasteiger partial charge in [-0.2, -0.15) is 5.10 Å². The van der Waals surface area contributed by atoms with E-state index in [1.807, 2.05) is 43.7 Å². The van der Waals surface area contributed by atoms with Crippen LogP contribution in [0.1, 0.15) is 37.7 Å². The van der Waals surface area contributed by atoms with Crippen molar-refractivity contribution in [3.05, 3.63) is 35.2 Å². The molecule has 144 valence electrons. The Labute approximate surface area is 163 Å². The van der Waals surface area contributed by atoms with E-state index >= 15 is 0 Å². The van der Waals surface area contributed by atoms with Gasteiger partial charge < -0.3 is 10.1 Å². The number of rotatable bonds is 7. The van der Waals surface area contributed by atoms with E-state index in [2.05, 4.69) is 29.2 Å². The molecule has 27 heavy (non-hydrogen) atoms. The Balaban J connectivity index is 1.72. The number of ether oxygens (including phenoxy) is 1. The van der Waals surface area contributed by atoms with Crippen molar-refractivity contribution in [2.24, 2.45) is 5.92 Å². The summed E-state index contributed by atoms with van der Waals surface area (Å²) in [4.78, 5) is 17.1. The molecule has 0 radical (unpaired) electrons. The summed E-state index contributed by atoms with van der Waals surface area (Å²) in [5, 5.41) is 8.11. The smallest absolute Gasteiger partial charge is 0.230 e. The van der Waals surface area contributed by atoms with Crippen LogP contribution in [0.2, 0.25) is 0 Å². The van der Waals surface area contributed by atoms with Crippen LogP contribution >= 0.6 is 11.3 Å². The molecule has 7 heteroatoms. The van der Waals surface area contributed by atoms with Crippen LogP contribution in [-0.2, 0) is 17.8 Å². The Morgan fingerprint density at radius 1 is 1.33 bits per heavy atom. The third kappa shape index (κ3) is 4.47. The van der Waals surface area contributed by atoms with Crippen molar-refractivity contribution in [1.82, 2.24) is 14.8 Å². The SMILES string of the molecule is CCOc1ccc2nc(NC(=O)Cc3c(C)nn(CC(C)C)c3C)sc2c1. The maximum Gasteiger partial charge on any atom is 0.230 e. The Kier molecular flexibility index (Phi) is 5.79. The van der Waals surface area contributed by atoms with Crippen molar-refractivity contribution in [3.8, 4) is 5.75 Å². The third-order valence-electron chi connectivity index (χ3n) is 4.32. The van der Waals surface area contributed by atoms with Crippen LogP contribution in [0.3, 0.4) is 0 Å². The first-order chi connectivity index (χ1) is 12.9. The number of thiazole rings is 1. The molecule has 0 aliphatic carbocycles. The molecule has 3 rings (SSSR count). The highest BCUT2D eigenvalue weighted by Crippen LogP contribution is 2.29. The van der Waals surface area contributed by atoms with E-state index in [-0.39, 0.29) is 5.91 Å². The zero-order valence-corrected chi connectivity index (χ0v) is 17.3. The average molecular weight is 387 g/mol. The van der Waals surface area contributed by atoms with Crippen molar-refractivity contribution in [2.45, 2.75) is 47.6 Å². The summed E-state index contributed by atoms with van der Waals surface area (Å²) in [5.74, 6) is 1.25. The molecule has 0 saturated heterocycles. The minimum absolute atomic E-state index is 0.0746. The first-order valence-corrected chi connectivity index (χ1v) is 10.0. The fourth-order valence-electron chi connectivity index (χ4n) is 3.05. The second kappa shape index (κ2) is 8.08. The third-order valence-corrected chi connectivity index (χ3v) is 5.26. The van der Waals surface area contributed by atoms with Crippen molar-refractivity contribution in [3.63, 3.8) is 0 Å². The van der Waals surface area contributed by atoms with E-state index in [0.717, 1.165) is 39.5 Å². The van der Waals surface area contributed by atoms with E-state index in [1.165, 1.54) is 11.3 Å². The van der Waals surface area contributed by atoms with E-state index in [0.29, 0.717) is 24.1 Å². The number of hydrogen-bond donors (Lipinski definition) is 1. The van der Waals surface area contributed by atoms with E-state index in [4.69, 9.17) is 4.74 Å². The quantitative estimate of drug-likeness (QED) is 0.656. The minimum Gasteiger partial charge on any atom is -0.494 e. The molecule has 0 fully saturated rings. The van der Waals surface area contributed by atoms with Crippen molar-refractivity contribution in [2.75, 3.05) is 11.9 Å². The zero-order valence-electron chi connectivity index (χ0n) is 16.5. The van der Waals surface area contributed by atoms with E-state index < -0.39 is 0 Å². The molecule has 0 unspecified atom stereocenters. The predicted octanol–water partition coefficient (Wildman–Crippen LogP) is 4.35. The summed E-state index contributed by atoms with van der Waals surface area (Å²) >= 11 is 1.45. The molecule has 0 atom stereocenters. The number of anilines is 1. The minimum atomic E-state index is -0.0746. The number of nitrogens with one attached hydrogen (secondary N) is 1. The van der Waals surface area contributed by atoms with Gasteiger partial charge in [0.15, 0.2) is 5.13 Å². The predicted molar refractivity (Wildman–Crippen MR) is 110 cm³/mol. The van der Waals surface area contributed by atoms with E-state index in [1.54, 1.807) is 0 Å². The van der Waals surface area contributed by atoms with Crippen molar-refractivity contribution >= 4 is 32.6 Å². The van der Waals surface area contributed by atoms with Gasteiger partial charge in [-0.1, -0.05) is 25.2 Å². The lowest BCUT2D eigenvalue weighted by atomic mass is 10.1. The van der Waals surface area contributed by atoms with Gasteiger partial charge >= 0.3 is 0 Å². The van der Waals surface area contributed by atoms with Crippen LogP contribution < -0.4 is 10.1 Å². The summed E-state index contributed by atoms with van der Waals surface area (Å²) < 4.78 is 8.51. The summed E-state index contributed by atoms with van der Waals surface area (Å²) in [6, 6.07) is 5.76. The summed E-state index contributed by atoms with van der Waals surface area (Å²) in [7, 11) is 0. The molecule has 0 bridgehead atoms. The number of aryl methyl sites for hydroxylation is 1. The maximum atomic E-state index is 12.6. The number of fused-ring (bicyclic) bond motifs is 1. The van der Waals surface area contributed by atoms with Gasteiger partial charge in [-0.3, -0.25) is 9.48 Å². The molecule has 6 nitrogen and oxygen atoms in total. The fourth-order valence-corrected chi connectivity index (χ4v) is 3.96. The fraction of sp³-hybridized carbons (Fsp3) is 0.450. The highest BCUT2D eigenvalue weighted by atomic mass is 32.1. The Morgan fingerprint density at radius 2 is 2.11 bits per heavy atom. The molecule has 0 saturated carbocycles. The second-order valence-electron chi connectivity index (χ2n) is 7.03. The number of aromatic nitrogens is 3. The van der Waals surface area contributed by atoms with Gasteiger partial charge in [0.25, 0.3) is 0 Å². The van der Waals surface area contributed by atoms with Gasteiger partial charge in [0, 0.05) is 17.8 Å². The second-order valence-corrected chi connectivity index (χ2v) is 8.06. The van der Waals surface area contributed by atoms with Crippen LogP contribution in [0.15, 0.2) is 18.2 Å². The lowest BCUT2D eigenvalue weighted by Crippen LogP contribution is -2.15. The molecule has 3 aromatic rings. The van der Waals surface area contributed by atoms with Crippen LogP contribution in [0.25, 0.3) is 10.2 Å². The molecular formula is C20H26N4O2S. The van der Waals surface area contributed by atoms with Crippen LogP contribution in [0.4, 0.5) is 5.13 Å². The van der Waals surface area contributed by atoms with Crippen LogP contribution in [-0.4, -0.2) is 27.3 Å². The molecule has 1 N–H and O–H groups in total. The molecule has 2 heterocycles. The Bertz CT molecular complexity index is 958. The number of benzene rings is 1. The first-order valence-electron chi connectivity index (χ1n) is 9.23. The number of hydrogen-bond acceptors (Lipinski definition) is 5. The molecule has 0 aliphatic rings. The lowest BCUT2D eigenvalue weighted by Gasteiger charge is -2.08. The molecule has 1 amide bonds. The van der Waals surface area contributed by atoms with Crippen molar-refractivity contribution < 1.29 is 9.53 Å². The monoisotopic (exact) mass is 386 g/mol. The summed E-state index contributed by atoms with van der Waals surface area (Å²) in [5.41, 5.74) is 3.82. The van der Waals surface area contributed by atoms with Crippen molar-refractivity contribution in [1.29, 1.82) is 0 Å². The largest absolute Gasteiger partial charge is 0.494 e. The van der Waals surface area contributed by atoms with Gasteiger partial charge in [0.05, 0.1) is 28.9 Å². The standard InChI is InChI=1S/C20H26N4O2S/c1-6-26-15-7-8-17-18(9-15)27-20(21-17)22-19(25)10-16-13(4)23-24(14(16)5)11-12(2)3/h7-9,12H,6,10-11H2,1-5H3,(H,21,22,25). The van der Waals surface area contributed by atoms with Gasteiger partial charge in [-0.25, -0.2) is 4.98 Å². The van der Waals surface area contributed by atoms with Gasteiger partial charge in [0.1, 0.15) is 5.75 Å². The van der Waals surface area contributed by atoms with Crippen LogP contribution in [0, 0.1) is 19.8 Å². The van der Waals surface area contributed by atoms with Gasteiger partial charge in [0.2, 0.25) is 5.91 Å². The topological polar surface area (TPSA) is 69.0 Å². The number of nitrogens with zero attached hydrogens (tertiary/aromatic N) is 3. The van der Waals surface area contributed by atoms with Gasteiger partial charge in [-0.05, 0) is 44.9 Å². The normalized spacial score (nSPS) is 11.3. The van der Waals surface area contributed by atoms with Gasteiger partial charge in [-0.15, -0.1) is 0 Å². The molecule has 1 aromatic carbocycles. The number of carbonyl (C=O) groups is 1. The molecule has 0 aliphatic heterocycles. The number of carbonyl (C=O) groups excluding carboxylic acids is 1. The first kappa shape index (κ1) is 19.4.